The van der Waals surface area contributed by atoms with E-state index in [4.69, 9.17) is 5.73 Å². The van der Waals surface area contributed by atoms with Gasteiger partial charge in [0, 0.05) is 19.0 Å². The van der Waals surface area contributed by atoms with E-state index in [1.165, 1.54) is 38.5 Å². The van der Waals surface area contributed by atoms with Crippen molar-refractivity contribution in [3.63, 3.8) is 0 Å². The third-order valence-electron chi connectivity index (χ3n) is 6.15. The highest BCUT2D eigenvalue weighted by molar-refractivity contribution is 5.79. The van der Waals surface area contributed by atoms with Crippen molar-refractivity contribution < 1.29 is 4.79 Å². The number of carbonyl (C=O) groups excluding carboxylic acids is 1. The van der Waals surface area contributed by atoms with Crippen molar-refractivity contribution in [1.82, 2.24) is 4.90 Å². The first-order valence-corrected chi connectivity index (χ1v) is 8.76. The fourth-order valence-electron chi connectivity index (χ4n) is 4.74. The second-order valence-corrected chi connectivity index (χ2v) is 7.32. The second kappa shape index (κ2) is 6.46. The minimum absolute atomic E-state index is 0.337. The number of nitrogens with zero attached hydrogens (tertiary/aromatic N) is 1. The molecule has 0 spiro atoms. The van der Waals surface area contributed by atoms with Gasteiger partial charge in [0.25, 0.3) is 0 Å². The Hall–Kier alpha value is -0.570. The summed E-state index contributed by atoms with van der Waals surface area (Å²) in [6, 6.07) is 0. The van der Waals surface area contributed by atoms with Crippen LogP contribution >= 0.6 is 0 Å². The number of hydrogen-bond donors (Lipinski definition) is 1. The van der Waals surface area contributed by atoms with E-state index >= 15 is 0 Å². The van der Waals surface area contributed by atoms with Gasteiger partial charge in [0.05, 0.1) is 0 Å². The van der Waals surface area contributed by atoms with Crippen molar-refractivity contribution in [1.29, 1.82) is 0 Å². The smallest absolute Gasteiger partial charge is 0.225 e. The van der Waals surface area contributed by atoms with Crippen molar-refractivity contribution in [2.75, 3.05) is 19.6 Å². The molecule has 2 aliphatic carbocycles. The first kappa shape index (κ1) is 14.4. The van der Waals surface area contributed by atoms with E-state index in [1.54, 1.807) is 0 Å². The molecule has 0 bridgehead atoms. The van der Waals surface area contributed by atoms with Crippen LogP contribution in [0.2, 0.25) is 0 Å². The first-order chi connectivity index (χ1) is 9.78. The van der Waals surface area contributed by atoms with Gasteiger partial charge in [0.1, 0.15) is 0 Å². The fraction of sp³-hybridized carbons (Fsp3) is 0.941. The van der Waals surface area contributed by atoms with Crippen LogP contribution in [0.3, 0.4) is 0 Å². The minimum atomic E-state index is 0.337. The number of piperidine rings is 1. The highest BCUT2D eigenvalue weighted by Gasteiger charge is 2.37. The summed E-state index contributed by atoms with van der Waals surface area (Å²) in [5, 5.41) is 0. The summed E-state index contributed by atoms with van der Waals surface area (Å²) in [4.78, 5) is 14.9. The number of rotatable bonds is 2. The van der Waals surface area contributed by atoms with Gasteiger partial charge in [-0.25, -0.2) is 0 Å². The molecule has 3 unspecified atom stereocenters. The first-order valence-electron chi connectivity index (χ1n) is 8.76. The monoisotopic (exact) mass is 278 g/mol. The quantitative estimate of drug-likeness (QED) is 0.844. The van der Waals surface area contributed by atoms with Crippen LogP contribution in [0.25, 0.3) is 0 Å². The van der Waals surface area contributed by atoms with Crippen LogP contribution in [0.15, 0.2) is 0 Å². The van der Waals surface area contributed by atoms with E-state index in [2.05, 4.69) is 4.90 Å². The Morgan fingerprint density at radius 3 is 2.35 bits per heavy atom. The van der Waals surface area contributed by atoms with Crippen LogP contribution < -0.4 is 5.73 Å². The van der Waals surface area contributed by atoms with Gasteiger partial charge in [-0.15, -0.1) is 0 Å². The third kappa shape index (κ3) is 3.03. The molecule has 1 heterocycles. The van der Waals surface area contributed by atoms with Crippen LogP contribution in [0.5, 0.6) is 0 Å². The molecule has 0 aromatic rings. The highest BCUT2D eigenvalue weighted by atomic mass is 16.2. The van der Waals surface area contributed by atoms with Gasteiger partial charge in [0.2, 0.25) is 5.91 Å². The highest BCUT2D eigenvalue weighted by Crippen LogP contribution is 2.43. The molecule has 3 nitrogen and oxygen atoms in total. The zero-order chi connectivity index (χ0) is 13.9. The molecular weight excluding hydrogens is 248 g/mol. The lowest BCUT2D eigenvalue weighted by molar-refractivity contribution is -0.139. The summed E-state index contributed by atoms with van der Waals surface area (Å²) >= 11 is 0. The normalized spacial score (nSPS) is 35.6. The van der Waals surface area contributed by atoms with E-state index in [9.17, 15) is 4.79 Å². The molecule has 1 saturated heterocycles. The lowest BCUT2D eigenvalue weighted by atomic mass is 9.67. The van der Waals surface area contributed by atoms with Crippen molar-refractivity contribution >= 4 is 5.91 Å². The molecule has 1 aliphatic heterocycles. The molecule has 2 saturated carbocycles. The zero-order valence-electron chi connectivity index (χ0n) is 12.7. The topological polar surface area (TPSA) is 46.3 Å². The van der Waals surface area contributed by atoms with E-state index in [0.29, 0.717) is 17.7 Å². The van der Waals surface area contributed by atoms with Gasteiger partial charge in [-0.2, -0.15) is 0 Å². The Morgan fingerprint density at radius 2 is 1.65 bits per heavy atom. The SMILES string of the molecule is NCC1CCN(C(=O)C2CCC3CCCCC3C2)CC1. The van der Waals surface area contributed by atoms with E-state index in [0.717, 1.165) is 50.7 Å². The van der Waals surface area contributed by atoms with E-state index in [-0.39, 0.29) is 0 Å². The molecule has 0 aromatic heterocycles. The number of likely N-dealkylation sites (tertiary alicyclic amines) is 1. The maximum atomic E-state index is 12.7. The van der Waals surface area contributed by atoms with Crippen molar-refractivity contribution in [3.8, 4) is 0 Å². The van der Waals surface area contributed by atoms with Crippen molar-refractivity contribution in [3.05, 3.63) is 0 Å². The molecule has 0 radical (unpaired) electrons. The number of fused-ring (bicyclic) bond motifs is 1. The molecule has 2 N–H and O–H groups in total. The molecule has 114 valence electrons. The Bertz CT molecular complexity index is 336. The Labute approximate surface area is 123 Å². The number of carbonyl (C=O) groups is 1. The van der Waals surface area contributed by atoms with Crippen LogP contribution in [0.1, 0.15) is 57.8 Å². The van der Waals surface area contributed by atoms with Gasteiger partial charge < -0.3 is 10.6 Å². The summed E-state index contributed by atoms with van der Waals surface area (Å²) in [5.74, 6) is 3.24. The Morgan fingerprint density at radius 1 is 0.950 bits per heavy atom. The third-order valence-corrected chi connectivity index (χ3v) is 6.15. The molecular formula is C17H30N2O. The summed E-state index contributed by atoms with van der Waals surface area (Å²) in [5.41, 5.74) is 5.74. The van der Waals surface area contributed by atoms with Crippen LogP contribution in [-0.4, -0.2) is 30.4 Å². The Balaban J connectivity index is 1.52. The predicted octanol–water partition coefficient (Wildman–Crippen LogP) is 2.79. The van der Waals surface area contributed by atoms with E-state index < -0.39 is 0 Å². The van der Waals surface area contributed by atoms with Crippen LogP contribution in [0.4, 0.5) is 0 Å². The Kier molecular flexibility index (Phi) is 4.65. The minimum Gasteiger partial charge on any atom is -0.342 e. The van der Waals surface area contributed by atoms with Crippen LogP contribution in [0, 0.1) is 23.7 Å². The zero-order valence-corrected chi connectivity index (χ0v) is 12.7. The molecule has 3 heteroatoms. The summed E-state index contributed by atoms with van der Waals surface area (Å²) in [6.45, 7) is 2.69. The number of hydrogen-bond acceptors (Lipinski definition) is 2. The molecule has 3 atom stereocenters. The summed E-state index contributed by atoms with van der Waals surface area (Å²) in [6.07, 6.45) is 11.5. The van der Waals surface area contributed by atoms with Crippen molar-refractivity contribution in [2.45, 2.75) is 57.8 Å². The molecule has 3 fully saturated rings. The van der Waals surface area contributed by atoms with Gasteiger partial charge in [-0.05, 0) is 56.4 Å². The molecule has 0 aromatic carbocycles. The lowest BCUT2D eigenvalue weighted by Crippen LogP contribution is -2.44. The summed E-state index contributed by atoms with van der Waals surface area (Å²) < 4.78 is 0. The average molecular weight is 278 g/mol. The maximum Gasteiger partial charge on any atom is 0.225 e. The van der Waals surface area contributed by atoms with E-state index in [1.807, 2.05) is 0 Å². The molecule has 3 rings (SSSR count). The van der Waals surface area contributed by atoms with Crippen LogP contribution in [-0.2, 0) is 4.79 Å². The van der Waals surface area contributed by atoms with Gasteiger partial charge in [-0.1, -0.05) is 25.7 Å². The van der Waals surface area contributed by atoms with Crippen molar-refractivity contribution in [2.24, 2.45) is 29.4 Å². The lowest BCUT2D eigenvalue weighted by Gasteiger charge is -2.41. The van der Waals surface area contributed by atoms with Gasteiger partial charge in [0.15, 0.2) is 0 Å². The number of amides is 1. The summed E-state index contributed by atoms with van der Waals surface area (Å²) in [7, 11) is 0. The maximum absolute atomic E-state index is 12.7. The predicted molar refractivity (Wildman–Crippen MR) is 81.1 cm³/mol. The average Bonchev–Trinajstić information content (AvgIpc) is 2.54. The standard InChI is InChI=1S/C17H30N2O/c18-12-13-7-9-19(10-8-13)17(20)16-6-5-14-3-1-2-4-15(14)11-16/h13-16H,1-12,18H2. The molecule has 1 amide bonds. The fourth-order valence-corrected chi connectivity index (χ4v) is 4.74. The molecule has 3 aliphatic rings. The number of nitrogens with two attached hydrogens (primary N) is 1. The van der Waals surface area contributed by atoms with Gasteiger partial charge in [-0.3, -0.25) is 4.79 Å². The molecule has 20 heavy (non-hydrogen) atoms. The second-order valence-electron chi connectivity index (χ2n) is 7.32. The van der Waals surface area contributed by atoms with Gasteiger partial charge >= 0.3 is 0 Å². The largest absolute Gasteiger partial charge is 0.342 e.